The number of aliphatic carboxylic acids is 1. The Balaban J connectivity index is 1.65. The molecule has 2 aromatic rings. The summed E-state index contributed by atoms with van der Waals surface area (Å²) in [6, 6.07) is 9.26. The molecule has 0 bridgehead atoms. The minimum Gasteiger partial charge on any atom is -0.481 e. The van der Waals surface area contributed by atoms with Crippen molar-refractivity contribution in [1.29, 1.82) is 0 Å². The van der Waals surface area contributed by atoms with E-state index in [9.17, 15) is 9.59 Å². The van der Waals surface area contributed by atoms with E-state index in [0.717, 1.165) is 11.3 Å². The summed E-state index contributed by atoms with van der Waals surface area (Å²) in [5, 5.41) is 13.3. The van der Waals surface area contributed by atoms with Gasteiger partial charge in [0.1, 0.15) is 0 Å². The number of carbonyl (C=O) groups excluding carboxylic acids is 1. The number of amides is 1. The molecule has 1 fully saturated rings. The molecule has 1 aromatic heterocycles. The van der Waals surface area contributed by atoms with Crippen molar-refractivity contribution in [1.82, 2.24) is 14.7 Å². The van der Waals surface area contributed by atoms with Gasteiger partial charge in [0, 0.05) is 25.0 Å². The van der Waals surface area contributed by atoms with Crippen LogP contribution in [0.2, 0.25) is 0 Å². The average molecular weight is 313 g/mol. The van der Waals surface area contributed by atoms with E-state index in [-0.39, 0.29) is 18.4 Å². The van der Waals surface area contributed by atoms with E-state index < -0.39 is 11.9 Å². The fourth-order valence-electron chi connectivity index (χ4n) is 3.09. The van der Waals surface area contributed by atoms with Crippen LogP contribution in [0, 0.1) is 5.92 Å². The summed E-state index contributed by atoms with van der Waals surface area (Å²) in [5.41, 5.74) is 1.85. The van der Waals surface area contributed by atoms with Crippen LogP contribution in [0.15, 0.2) is 42.7 Å². The molecule has 0 spiro atoms. The zero-order valence-electron chi connectivity index (χ0n) is 12.9. The van der Waals surface area contributed by atoms with Crippen LogP contribution >= 0.6 is 0 Å². The number of hydrogen-bond donors (Lipinski definition) is 1. The Bertz CT molecular complexity index is 694. The van der Waals surface area contributed by atoms with Crippen molar-refractivity contribution in [3.05, 3.63) is 48.3 Å². The predicted octanol–water partition coefficient (Wildman–Crippen LogP) is 1.74. The molecule has 2 heterocycles. The molecule has 23 heavy (non-hydrogen) atoms. The number of carboxylic acid groups (broad SMARTS) is 1. The summed E-state index contributed by atoms with van der Waals surface area (Å²) in [6.45, 7) is 2.33. The van der Waals surface area contributed by atoms with Crippen LogP contribution < -0.4 is 0 Å². The van der Waals surface area contributed by atoms with E-state index in [2.05, 4.69) is 5.10 Å². The molecule has 0 radical (unpaired) electrons. The van der Waals surface area contributed by atoms with Crippen LogP contribution in [0.5, 0.6) is 0 Å². The molecule has 1 aliphatic rings. The lowest BCUT2D eigenvalue weighted by Crippen LogP contribution is -2.38. The monoisotopic (exact) mass is 313 g/mol. The van der Waals surface area contributed by atoms with E-state index in [4.69, 9.17) is 5.11 Å². The number of hydrogen-bond acceptors (Lipinski definition) is 3. The maximum atomic E-state index is 12.4. The first-order valence-electron chi connectivity index (χ1n) is 7.67. The van der Waals surface area contributed by atoms with Gasteiger partial charge >= 0.3 is 5.97 Å². The van der Waals surface area contributed by atoms with Crippen molar-refractivity contribution in [2.75, 3.05) is 6.54 Å². The molecular weight excluding hydrogens is 294 g/mol. The lowest BCUT2D eigenvalue weighted by molar-refractivity contribution is -0.143. The fraction of sp³-hybridized carbons (Fsp3) is 0.353. The summed E-state index contributed by atoms with van der Waals surface area (Å²) in [5.74, 6) is -1.30. The van der Waals surface area contributed by atoms with Crippen molar-refractivity contribution in [3.63, 3.8) is 0 Å². The largest absolute Gasteiger partial charge is 0.481 e. The van der Waals surface area contributed by atoms with E-state index in [1.54, 1.807) is 15.8 Å². The molecule has 1 amide bonds. The predicted molar refractivity (Wildman–Crippen MR) is 84.2 cm³/mol. The molecule has 6 nitrogen and oxygen atoms in total. The van der Waals surface area contributed by atoms with Gasteiger partial charge in [0.15, 0.2) is 0 Å². The van der Waals surface area contributed by atoms with Gasteiger partial charge in [0.25, 0.3) is 0 Å². The second-order valence-corrected chi connectivity index (χ2v) is 5.85. The highest BCUT2D eigenvalue weighted by molar-refractivity contribution is 5.81. The minimum absolute atomic E-state index is 0.0203. The SMILES string of the molecule is CC1C(C(=O)O)CCN1C(=O)Cc1ccc(-n2cccn2)cc1. The van der Waals surface area contributed by atoms with Gasteiger partial charge in [0.2, 0.25) is 5.91 Å². The highest BCUT2D eigenvalue weighted by atomic mass is 16.4. The lowest BCUT2D eigenvalue weighted by atomic mass is 10.0. The standard InChI is InChI=1S/C17H19N3O3/c1-12-15(17(22)23)7-10-19(12)16(21)11-13-3-5-14(6-4-13)20-9-2-8-18-20/h2-6,8-9,12,15H,7,10-11H2,1H3,(H,22,23). The number of benzene rings is 1. The van der Waals surface area contributed by atoms with Crippen molar-refractivity contribution < 1.29 is 14.7 Å². The quantitative estimate of drug-likeness (QED) is 0.933. The number of carbonyl (C=O) groups is 2. The van der Waals surface area contributed by atoms with Crippen LogP contribution in [-0.4, -0.2) is 44.3 Å². The summed E-state index contributed by atoms with van der Waals surface area (Å²) in [6.07, 6.45) is 4.39. The topological polar surface area (TPSA) is 75.4 Å². The van der Waals surface area contributed by atoms with Gasteiger partial charge in [0.05, 0.1) is 18.0 Å². The number of nitrogens with zero attached hydrogens (tertiary/aromatic N) is 3. The van der Waals surface area contributed by atoms with E-state index in [1.807, 2.05) is 43.5 Å². The molecule has 1 saturated heterocycles. The molecule has 120 valence electrons. The Morgan fingerprint density at radius 1 is 1.30 bits per heavy atom. The van der Waals surface area contributed by atoms with Gasteiger partial charge in [-0.2, -0.15) is 5.10 Å². The van der Waals surface area contributed by atoms with Crippen molar-refractivity contribution in [2.24, 2.45) is 5.92 Å². The average Bonchev–Trinajstić information content (AvgIpc) is 3.17. The molecule has 0 saturated carbocycles. The summed E-state index contributed by atoms with van der Waals surface area (Å²) in [7, 11) is 0. The number of rotatable bonds is 4. The number of aromatic nitrogens is 2. The summed E-state index contributed by atoms with van der Waals surface area (Å²) >= 11 is 0. The third-order valence-electron chi connectivity index (χ3n) is 4.45. The first-order chi connectivity index (χ1) is 11.1. The van der Waals surface area contributed by atoms with Crippen molar-refractivity contribution in [3.8, 4) is 5.69 Å². The van der Waals surface area contributed by atoms with Gasteiger partial charge < -0.3 is 10.0 Å². The molecule has 2 atom stereocenters. The summed E-state index contributed by atoms with van der Waals surface area (Å²) in [4.78, 5) is 25.2. The maximum Gasteiger partial charge on any atom is 0.308 e. The second-order valence-electron chi connectivity index (χ2n) is 5.85. The molecule has 6 heteroatoms. The van der Waals surface area contributed by atoms with Gasteiger partial charge in [-0.25, -0.2) is 4.68 Å². The Morgan fingerprint density at radius 2 is 2.04 bits per heavy atom. The molecule has 3 rings (SSSR count). The molecule has 1 aliphatic heterocycles. The zero-order valence-corrected chi connectivity index (χ0v) is 12.9. The molecule has 0 aliphatic carbocycles. The molecular formula is C17H19N3O3. The van der Waals surface area contributed by atoms with Crippen LogP contribution in [-0.2, 0) is 16.0 Å². The minimum atomic E-state index is -0.823. The van der Waals surface area contributed by atoms with E-state index in [0.29, 0.717) is 13.0 Å². The van der Waals surface area contributed by atoms with E-state index in [1.165, 1.54) is 0 Å². The lowest BCUT2D eigenvalue weighted by Gasteiger charge is -2.23. The first kappa shape index (κ1) is 15.3. The fourth-order valence-corrected chi connectivity index (χ4v) is 3.09. The van der Waals surface area contributed by atoms with Gasteiger partial charge in [-0.05, 0) is 37.1 Å². The Labute approximate surface area is 134 Å². The first-order valence-corrected chi connectivity index (χ1v) is 7.67. The summed E-state index contributed by atoms with van der Waals surface area (Å²) < 4.78 is 1.76. The Hall–Kier alpha value is -2.63. The molecule has 2 unspecified atom stereocenters. The third kappa shape index (κ3) is 3.11. The van der Waals surface area contributed by atoms with Gasteiger partial charge in [-0.3, -0.25) is 9.59 Å². The highest BCUT2D eigenvalue weighted by Crippen LogP contribution is 2.25. The second kappa shape index (κ2) is 6.24. The number of carboxylic acids is 1. The van der Waals surface area contributed by atoms with Gasteiger partial charge in [-0.15, -0.1) is 0 Å². The Morgan fingerprint density at radius 3 is 2.61 bits per heavy atom. The van der Waals surface area contributed by atoms with Crippen molar-refractivity contribution in [2.45, 2.75) is 25.8 Å². The van der Waals surface area contributed by atoms with Gasteiger partial charge in [-0.1, -0.05) is 12.1 Å². The van der Waals surface area contributed by atoms with Crippen molar-refractivity contribution >= 4 is 11.9 Å². The highest BCUT2D eigenvalue weighted by Gasteiger charge is 2.37. The van der Waals surface area contributed by atoms with E-state index >= 15 is 0 Å². The van der Waals surface area contributed by atoms with Crippen LogP contribution in [0.4, 0.5) is 0 Å². The van der Waals surface area contributed by atoms with Crippen LogP contribution in [0.3, 0.4) is 0 Å². The van der Waals surface area contributed by atoms with Crippen LogP contribution in [0.1, 0.15) is 18.9 Å². The normalized spacial score (nSPS) is 20.7. The smallest absolute Gasteiger partial charge is 0.308 e. The maximum absolute atomic E-state index is 12.4. The third-order valence-corrected chi connectivity index (χ3v) is 4.45. The molecule has 1 N–H and O–H groups in total. The Kier molecular flexibility index (Phi) is 4.14. The molecule has 1 aromatic carbocycles. The number of likely N-dealkylation sites (tertiary alicyclic amines) is 1. The zero-order chi connectivity index (χ0) is 16.4. The van der Waals surface area contributed by atoms with Crippen LogP contribution in [0.25, 0.3) is 5.69 Å².